The van der Waals surface area contributed by atoms with Crippen LogP contribution in [0.15, 0.2) is 48.5 Å². The summed E-state index contributed by atoms with van der Waals surface area (Å²) in [5, 5.41) is 39.5. The number of nitrogens with zero attached hydrogens (tertiary/aromatic N) is 2. The van der Waals surface area contributed by atoms with E-state index in [0.29, 0.717) is 42.4 Å². The Hall–Kier alpha value is -4.78. The number of aromatic carboxylic acids is 4. The van der Waals surface area contributed by atoms with Crippen molar-refractivity contribution in [3.63, 3.8) is 0 Å². The van der Waals surface area contributed by atoms with Crippen LogP contribution in [0, 0.1) is 0 Å². The van der Waals surface area contributed by atoms with Crippen LogP contribution in [0.2, 0.25) is 0 Å². The Morgan fingerprint density at radius 3 is 1.53 bits per heavy atom. The van der Waals surface area contributed by atoms with Crippen LogP contribution in [-0.2, 0) is 25.7 Å². The summed E-state index contributed by atoms with van der Waals surface area (Å²) in [5.41, 5.74) is 1.71. The number of aromatic amines is 2. The zero-order valence-corrected chi connectivity index (χ0v) is 24.8. The van der Waals surface area contributed by atoms with Crippen molar-refractivity contribution in [1.29, 1.82) is 0 Å². The van der Waals surface area contributed by atoms with E-state index in [-0.39, 0.29) is 42.1 Å². The predicted molar refractivity (Wildman–Crippen MR) is 150 cm³/mol. The molecule has 0 aliphatic carbocycles. The number of aromatic nitrogens is 4. The van der Waals surface area contributed by atoms with Crippen LogP contribution in [0.25, 0.3) is 33.2 Å². The maximum absolute atomic E-state index is 12.5. The molecule has 4 aromatic rings. The summed E-state index contributed by atoms with van der Waals surface area (Å²) in [4.78, 5) is 64.7. The molecule has 0 saturated carbocycles. The maximum Gasteiger partial charge on any atom is 1.00 e. The zero-order chi connectivity index (χ0) is 29.7. The number of nitrogens with one attached hydrogen (secondary N) is 2. The Morgan fingerprint density at radius 2 is 1.05 bits per heavy atom. The Kier molecular flexibility index (Phi) is 7.93. The van der Waals surface area contributed by atoms with Gasteiger partial charge in [0, 0.05) is 56.0 Å². The minimum absolute atomic E-state index is 0. The normalized spacial score (nSPS) is 12.4. The molecule has 2 aliphatic heterocycles. The van der Waals surface area contributed by atoms with Gasteiger partial charge in [0.2, 0.25) is 0 Å². The number of H-pyrrole nitrogens is 2. The van der Waals surface area contributed by atoms with Crippen molar-refractivity contribution in [2.45, 2.75) is 25.7 Å². The van der Waals surface area contributed by atoms with E-state index in [1.165, 1.54) is 0 Å². The monoisotopic (exact) mass is 590 g/mol. The van der Waals surface area contributed by atoms with Crippen LogP contribution < -0.4 is 29.6 Å². The number of carboxylic acid groups (broad SMARTS) is 4. The van der Waals surface area contributed by atoms with E-state index >= 15 is 0 Å². The molecule has 5 heterocycles. The van der Waals surface area contributed by atoms with Crippen LogP contribution in [0.1, 0.15) is 65.6 Å². The van der Waals surface area contributed by atoms with Gasteiger partial charge in [-0.1, -0.05) is 0 Å². The van der Waals surface area contributed by atoms with E-state index in [4.69, 9.17) is 9.97 Å². The second kappa shape index (κ2) is 11.5. The van der Waals surface area contributed by atoms with Crippen molar-refractivity contribution in [3.8, 4) is 11.1 Å². The third-order valence-electron chi connectivity index (χ3n) is 7.22. The van der Waals surface area contributed by atoms with Gasteiger partial charge in [0.1, 0.15) is 0 Å². The quantitative estimate of drug-likeness (QED) is 0.185. The van der Waals surface area contributed by atoms with E-state index in [0.717, 1.165) is 34.2 Å². The second-order valence-corrected chi connectivity index (χ2v) is 10.0. The Morgan fingerprint density at radius 1 is 0.558 bits per heavy atom. The van der Waals surface area contributed by atoms with Gasteiger partial charge in [0.05, 0.1) is 22.3 Å². The van der Waals surface area contributed by atoms with E-state index in [2.05, 4.69) is 9.97 Å². The number of rotatable bonds is 5. The third kappa shape index (κ3) is 5.67. The number of hydrogen-bond acceptors (Lipinski definition) is 6. The second-order valence-electron chi connectivity index (χ2n) is 10.0. The summed E-state index contributed by atoms with van der Waals surface area (Å²) < 4.78 is 0. The first-order valence-corrected chi connectivity index (χ1v) is 12.9. The molecule has 6 rings (SSSR count). The Labute approximate surface area is 265 Å². The van der Waals surface area contributed by atoms with E-state index in [1.807, 2.05) is 24.3 Å². The average molecular weight is 591 g/mol. The van der Waals surface area contributed by atoms with Gasteiger partial charge < -0.3 is 31.8 Å². The predicted octanol–water partition coefficient (Wildman–Crippen LogP) is 1.46. The first kappa shape index (κ1) is 29.7. The number of benzene rings is 1. The number of carbonyl (C=O) groups is 4. The summed E-state index contributed by atoms with van der Waals surface area (Å²) >= 11 is 0. The SMILES string of the molecule is O=C(O)c1cc(-c2cc3cc4nc(cc5ccc(cc6nc(cc2[nH]3)CC6)[nH]5)CC4)c(C(=O)O)c(C(=O)O)c1C(=O)O.[H-].[Na+]. The summed E-state index contributed by atoms with van der Waals surface area (Å²) in [6, 6.07) is 13.7. The molecule has 8 bridgehead atoms. The van der Waals surface area contributed by atoms with Crippen molar-refractivity contribution in [2.75, 3.05) is 0 Å². The Balaban J connectivity index is 0.00000221. The molecule has 6 N–H and O–H groups in total. The molecule has 13 heteroatoms. The molecule has 2 aliphatic rings. The molecule has 12 nitrogen and oxygen atoms in total. The number of aryl methyl sites for hydroxylation is 4. The summed E-state index contributed by atoms with van der Waals surface area (Å²) in [6.07, 6.45) is 2.55. The largest absolute Gasteiger partial charge is 1.00 e. The topological polar surface area (TPSA) is 207 Å². The number of hydrogen-bond donors (Lipinski definition) is 6. The van der Waals surface area contributed by atoms with Gasteiger partial charge in [-0.2, -0.15) is 0 Å². The standard InChI is InChI=1S/C30H22N4O8.Na.H/c35-27(36)22-12-21(24(28(37)38)26(30(41)42)25(22)29(39)40)20-10-19-9-17-4-3-15(32-17)7-13-1-2-14(31-13)8-16-5-6-18(33-16)11-23(20)34-19;;/h1-2,7-12,31,34H,3-6H2,(H,35,36)(H,37,38)(H,39,40)(H,41,42);;/q;+1;-1. The molecular weight excluding hydrogens is 567 g/mol. The molecule has 3 aromatic heterocycles. The first-order valence-electron chi connectivity index (χ1n) is 12.9. The van der Waals surface area contributed by atoms with Crippen molar-refractivity contribution in [1.82, 2.24) is 19.9 Å². The van der Waals surface area contributed by atoms with Crippen molar-refractivity contribution in [2.24, 2.45) is 0 Å². The van der Waals surface area contributed by atoms with Crippen molar-refractivity contribution in [3.05, 3.63) is 93.6 Å². The molecule has 0 saturated heterocycles. The molecule has 43 heavy (non-hydrogen) atoms. The molecular formula is C30H23N4NaO8. The van der Waals surface area contributed by atoms with Gasteiger partial charge >= 0.3 is 53.4 Å². The fourth-order valence-corrected chi connectivity index (χ4v) is 5.45. The van der Waals surface area contributed by atoms with Crippen molar-refractivity contribution >= 4 is 45.9 Å². The summed E-state index contributed by atoms with van der Waals surface area (Å²) in [5.74, 6) is -7.19. The third-order valence-corrected chi connectivity index (χ3v) is 7.22. The zero-order valence-electron chi connectivity index (χ0n) is 23.8. The van der Waals surface area contributed by atoms with Gasteiger partial charge in [-0.15, -0.1) is 0 Å². The summed E-state index contributed by atoms with van der Waals surface area (Å²) in [6.45, 7) is 0. The van der Waals surface area contributed by atoms with Gasteiger partial charge in [-0.25, -0.2) is 19.2 Å². The molecule has 0 radical (unpaired) electrons. The van der Waals surface area contributed by atoms with Crippen LogP contribution in [0.5, 0.6) is 0 Å². The maximum atomic E-state index is 12.5. The van der Waals surface area contributed by atoms with Crippen LogP contribution in [-0.4, -0.2) is 64.2 Å². The molecule has 0 unspecified atom stereocenters. The number of fused-ring (bicyclic) bond motifs is 8. The van der Waals surface area contributed by atoms with E-state index < -0.39 is 46.1 Å². The molecule has 0 fully saturated rings. The van der Waals surface area contributed by atoms with Gasteiger partial charge in [-0.05, 0) is 74.2 Å². The fourth-order valence-electron chi connectivity index (χ4n) is 5.45. The molecule has 1 aromatic carbocycles. The Bertz CT molecular complexity index is 2030. The minimum atomic E-state index is -1.88. The minimum Gasteiger partial charge on any atom is -1.00 e. The molecule has 0 amide bonds. The van der Waals surface area contributed by atoms with Crippen LogP contribution in [0.4, 0.5) is 0 Å². The van der Waals surface area contributed by atoms with E-state index in [9.17, 15) is 39.6 Å². The number of carboxylic acids is 4. The first-order chi connectivity index (χ1) is 20.1. The average Bonchev–Trinajstić information content (AvgIpc) is 3.72. The fraction of sp³-hybridized carbons (Fsp3) is 0.133. The molecule has 212 valence electrons. The molecule has 0 atom stereocenters. The van der Waals surface area contributed by atoms with Crippen LogP contribution in [0.3, 0.4) is 0 Å². The van der Waals surface area contributed by atoms with E-state index in [1.54, 1.807) is 18.2 Å². The van der Waals surface area contributed by atoms with Gasteiger partial charge in [0.15, 0.2) is 0 Å². The van der Waals surface area contributed by atoms with Crippen LogP contribution >= 0.6 is 0 Å². The smallest absolute Gasteiger partial charge is 1.00 e. The van der Waals surface area contributed by atoms with Gasteiger partial charge in [0.25, 0.3) is 0 Å². The van der Waals surface area contributed by atoms with Gasteiger partial charge in [-0.3, -0.25) is 9.97 Å². The summed E-state index contributed by atoms with van der Waals surface area (Å²) in [7, 11) is 0. The van der Waals surface area contributed by atoms with Crippen molar-refractivity contribution < 1.29 is 70.6 Å². The molecule has 0 spiro atoms.